The Kier molecular flexibility index (Phi) is 3.85. The second kappa shape index (κ2) is 4.96. The molecule has 0 saturated carbocycles. The predicted octanol–water partition coefficient (Wildman–Crippen LogP) is 2.97. The Morgan fingerprint density at radius 2 is 2.17 bits per heavy atom. The van der Waals surface area contributed by atoms with E-state index >= 15 is 0 Å². The number of unbranched alkanes of at least 4 members (excludes halogenated alkanes) is 2. The fourth-order valence-electron chi connectivity index (χ4n) is 1.32. The van der Waals surface area contributed by atoms with Crippen LogP contribution in [-0.4, -0.2) is 4.98 Å². The van der Waals surface area contributed by atoms with Gasteiger partial charge in [0.05, 0.1) is 5.69 Å². The summed E-state index contributed by atoms with van der Waals surface area (Å²) in [4.78, 5) is 4.15. The molecule has 1 heterocycles. The SMILES string of the molecule is CCCCCc1ocnc1CC. The van der Waals surface area contributed by atoms with Gasteiger partial charge in [0.25, 0.3) is 0 Å². The van der Waals surface area contributed by atoms with E-state index in [1.807, 2.05) is 0 Å². The first kappa shape index (κ1) is 9.30. The fourth-order valence-corrected chi connectivity index (χ4v) is 1.32. The van der Waals surface area contributed by atoms with Crippen molar-refractivity contribution in [3.8, 4) is 0 Å². The largest absolute Gasteiger partial charge is 0.448 e. The molecule has 0 bridgehead atoms. The van der Waals surface area contributed by atoms with Gasteiger partial charge in [0.15, 0.2) is 6.39 Å². The lowest BCUT2D eigenvalue weighted by atomic mass is 10.1. The summed E-state index contributed by atoms with van der Waals surface area (Å²) >= 11 is 0. The van der Waals surface area contributed by atoms with Gasteiger partial charge in [-0.05, 0) is 12.8 Å². The summed E-state index contributed by atoms with van der Waals surface area (Å²) in [5.41, 5.74) is 1.13. The fraction of sp³-hybridized carbons (Fsp3) is 0.700. The van der Waals surface area contributed by atoms with Crippen LogP contribution < -0.4 is 0 Å². The standard InChI is InChI=1S/C10H17NO/c1-3-5-6-7-10-9(4-2)11-8-12-10/h8H,3-7H2,1-2H3. The molecule has 2 heteroatoms. The van der Waals surface area contributed by atoms with E-state index in [0.29, 0.717) is 0 Å². The van der Waals surface area contributed by atoms with Crippen molar-refractivity contribution in [2.45, 2.75) is 46.0 Å². The number of nitrogens with zero attached hydrogens (tertiary/aromatic N) is 1. The van der Waals surface area contributed by atoms with Crippen LogP contribution in [0.1, 0.15) is 44.6 Å². The predicted molar refractivity (Wildman–Crippen MR) is 49.1 cm³/mol. The lowest BCUT2D eigenvalue weighted by Crippen LogP contribution is -1.89. The van der Waals surface area contributed by atoms with Crippen LogP contribution in [0.25, 0.3) is 0 Å². The number of aryl methyl sites for hydroxylation is 2. The molecule has 0 unspecified atom stereocenters. The molecule has 0 aliphatic rings. The van der Waals surface area contributed by atoms with E-state index < -0.39 is 0 Å². The van der Waals surface area contributed by atoms with Gasteiger partial charge in [-0.15, -0.1) is 0 Å². The highest BCUT2D eigenvalue weighted by Crippen LogP contribution is 2.11. The summed E-state index contributed by atoms with van der Waals surface area (Å²) < 4.78 is 5.29. The zero-order chi connectivity index (χ0) is 8.81. The Labute approximate surface area is 74.0 Å². The van der Waals surface area contributed by atoms with Crippen LogP contribution in [0, 0.1) is 0 Å². The summed E-state index contributed by atoms with van der Waals surface area (Å²) in [6.07, 6.45) is 7.35. The maximum atomic E-state index is 5.29. The van der Waals surface area contributed by atoms with Gasteiger partial charge in [-0.2, -0.15) is 0 Å². The summed E-state index contributed by atoms with van der Waals surface area (Å²) in [7, 11) is 0. The molecule has 1 rings (SSSR count). The van der Waals surface area contributed by atoms with Crippen LogP contribution in [-0.2, 0) is 12.8 Å². The van der Waals surface area contributed by atoms with E-state index in [1.165, 1.54) is 19.3 Å². The summed E-state index contributed by atoms with van der Waals surface area (Å²) in [6.45, 7) is 4.32. The first-order valence-electron chi connectivity index (χ1n) is 4.79. The highest BCUT2D eigenvalue weighted by Gasteiger charge is 2.04. The van der Waals surface area contributed by atoms with Crippen molar-refractivity contribution < 1.29 is 4.42 Å². The van der Waals surface area contributed by atoms with Crippen molar-refractivity contribution in [1.82, 2.24) is 4.98 Å². The number of aromatic nitrogens is 1. The smallest absolute Gasteiger partial charge is 0.181 e. The minimum atomic E-state index is 0.984. The summed E-state index contributed by atoms with van der Waals surface area (Å²) in [5.74, 6) is 1.09. The van der Waals surface area contributed by atoms with Crippen LogP contribution >= 0.6 is 0 Å². The van der Waals surface area contributed by atoms with E-state index in [1.54, 1.807) is 6.39 Å². The molecule has 0 fully saturated rings. The monoisotopic (exact) mass is 167 g/mol. The van der Waals surface area contributed by atoms with Gasteiger partial charge in [-0.3, -0.25) is 0 Å². The quantitative estimate of drug-likeness (QED) is 0.630. The second-order valence-corrected chi connectivity index (χ2v) is 3.03. The highest BCUT2D eigenvalue weighted by atomic mass is 16.3. The first-order valence-corrected chi connectivity index (χ1v) is 4.79. The third kappa shape index (κ3) is 2.36. The molecule has 1 aromatic heterocycles. The first-order chi connectivity index (χ1) is 5.88. The number of rotatable bonds is 5. The second-order valence-electron chi connectivity index (χ2n) is 3.03. The average molecular weight is 167 g/mol. The molecule has 0 saturated heterocycles. The zero-order valence-electron chi connectivity index (χ0n) is 7.97. The molecule has 0 N–H and O–H groups in total. The van der Waals surface area contributed by atoms with Crippen molar-refractivity contribution in [3.05, 3.63) is 17.8 Å². The topological polar surface area (TPSA) is 26.0 Å². The lowest BCUT2D eigenvalue weighted by Gasteiger charge is -1.97. The Morgan fingerprint density at radius 1 is 1.33 bits per heavy atom. The Morgan fingerprint density at radius 3 is 2.83 bits per heavy atom. The Bertz CT molecular complexity index is 217. The van der Waals surface area contributed by atoms with Gasteiger partial charge in [-0.25, -0.2) is 4.98 Å². The molecule has 0 spiro atoms. The Hall–Kier alpha value is -0.790. The van der Waals surface area contributed by atoms with Crippen LogP contribution in [0.3, 0.4) is 0 Å². The van der Waals surface area contributed by atoms with E-state index in [2.05, 4.69) is 18.8 Å². The molecular formula is C10H17NO. The van der Waals surface area contributed by atoms with Crippen molar-refractivity contribution in [2.75, 3.05) is 0 Å². The molecule has 0 aliphatic heterocycles. The summed E-state index contributed by atoms with van der Waals surface area (Å²) in [6, 6.07) is 0. The normalized spacial score (nSPS) is 10.5. The van der Waals surface area contributed by atoms with Gasteiger partial charge in [0.2, 0.25) is 0 Å². The summed E-state index contributed by atoms with van der Waals surface area (Å²) in [5, 5.41) is 0. The van der Waals surface area contributed by atoms with Crippen molar-refractivity contribution in [1.29, 1.82) is 0 Å². The van der Waals surface area contributed by atoms with E-state index in [9.17, 15) is 0 Å². The maximum absolute atomic E-state index is 5.29. The van der Waals surface area contributed by atoms with Crippen molar-refractivity contribution in [2.24, 2.45) is 0 Å². The third-order valence-corrected chi connectivity index (χ3v) is 2.07. The van der Waals surface area contributed by atoms with E-state index in [0.717, 1.165) is 24.3 Å². The van der Waals surface area contributed by atoms with Gasteiger partial charge in [0.1, 0.15) is 5.76 Å². The molecule has 0 amide bonds. The molecule has 12 heavy (non-hydrogen) atoms. The van der Waals surface area contributed by atoms with Gasteiger partial charge in [-0.1, -0.05) is 26.7 Å². The third-order valence-electron chi connectivity index (χ3n) is 2.07. The maximum Gasteiger partial charge on any atom is 0.181 e. The van der Waals surface area contributed by atoms with E-state index in [-0.39, 0.29) is 0 Å². The molecule has 0 aliphatic carbocycles. The molecule has 2 nitrogen and oxygen atoms in total. The molecule has 0 radical (unpaired) electrons. The van der Waals surface area contributed by atoms with E-state index in [4.69, 9.17) is 4.42 Å². The van der Waals surface area contributed by atoms with Crippen LogP contribution in [0.2, 0.25) is 0 Å². The number of oxazole rings is 1. The molecule has 0 atom stereocenters. The number of hydrogen-bond acceptors (Lipinski definition) is 2. The lowest BCUT2D eigenvalue weighted by molar-refractivity contribution is 0.489. The van der Waals surface area contributed by atoms with Gasteiger partial charge < -0.3 is 4.42 Å². The van der Waals surface area contributed by atoms with Crippen molar-refractivity contribution >= 4 is 0 Å². The minimum absolute atomic E-state index is 0.984. The Balaban J connectivity index is 2.39. The molecule has 1 aromatic rings. The molecule has 0 aromatic carbocycles. The van der Waals surface area contributed by atoms with Crippen LogP contribution in [0.15, 0.2) is 10.8 Å². The zero-order valence-corrected chi connectivity index (χ0v) is 7.97. The minimum Gasteiger partial charge on any atom is -0.448 e. The van der Waals surface area contributed by atoms with Crippen molar-refractivity contribution in [3.63, 3.8) is 0 Å². The molecule has 68 valence electrons. The highest BCUT2D eigenvalue weighted by molar-refractivity contribution is 5.06. The molecular weight excluding hydrogens is 150 g/mol. The van der Waals surface area contributed by atoms with Gasteiger partial charge >= 0.3 is 0 Å². The van der Waals surface area contributed by atoms with Crippen LogP contribution in [0.5, 0.6) is 0 Å². The van der Waals surface area contributed by atoms with Crippen LogP contribution in [0.4, 0.5) is 0 Å². The van der Waals surface area contributed by atoms with Gasteiger partial charge in [0, 0.05) is 6.42 Å². The average Bonchev–Trinajstić information content (AvgIpc) is 2.52. The number of hydrogen-bond donors (Lipinski definition) is 0.